The van der Waals surface area contributed by atoms with Gasteiger partial charge in [0, 0.05) is 18.2 Å². The second-order valence-electron chi connectivity index (χ2n) is 7.63. The van der Waals surface area contributed by atoms with Crippen molar-refractivity contribution in [1.82, 2.24) is 10.1 Å². The molecule has 0 atom stereocenters. The van der Waals surface area contributed by atoms with Crippen LogP contribution in [-0.4, -0.2) is 16.0 Å². The van der Waals surface area contributed by atoms with Crippen LogP contribution in [0, 0.1) is 13.8 Å². The average Bonchev–Trinajstić information content (AvgIpc) is 3.22. The summed E-state index contributed by atoms with van der Waals surface area (Å²) in [6.45, 7) is 4.86. The van der Waals surface area contributed by atoms with Gasteiger partial charge in [-0.25, -0.2) is 0 Å². The van der Waals surface area contributed by atoms with Crippen molar-refractivity contribution in [3.05, 3.63) is 112 Å². The lowest BCUT2D eigenvalue weighted by atomic mass is 10.0. The van der Waals surface area contributed by atoms with E-state index in [1.165, 1.54) is 5.56 Å². The predicted octanol–water partition coefficient (Wildman–Crippen LogP) is 6.45. The summed E-state index contributed by atoms with van der Waals surface area (Å²) in [5.41, 5.74) is 5.50. The van der Waals surface area contributed by atoms with E-state index in [0.29, 0.717) is 35.1 Å². The number of amides is 1. The van der Waals surface area contributed by atoms with E-state index >= 15 is 0 Å². The normalized spacial score (nSPS) is 10.8. The molecule has 0 fully saturated rings. The van der Waals surface area contributed by atoms with Gasteiger partial charge in [0.15, 0.2) is 5.76 Å². The van der Waals surface area contributed by atoms with Crippen LogP contribution in [-0.2, 0) is 13.1 Å². The zero-order valence-corrected chi connectivity index (χ0v) is 18.3. The topological polar surface area (TPSA) is 46.3 Å². The molecule has 0 aliphatic carbocycles. The average molecular weight is 431 g/mol. The SMILES string of the molecule is Cc1ccc(-c2cc(CN(Cc3ccccc3)C(=O)c3ccccc3Cl)no2)c(C)c1. The first kappa shape index (κ1) is 20.9. The fourth-order valence-electron chi connectivity index (χ4n) is 3.61. The van der Waals surface area contributed by atoms with Crippen LogP contribution >= 0.6 is 11.6 Å². The van der Waals surface area contributed by atoms with Gasteiger partial charge in [0.1, 0.15) is 5.69 Å². The summed E-state index contributed by atoms with van der Waals surface area (Å²) in [6, 6.07) is 25.1. The molecule has 0 spiro atoms. The summed E-state index contributed by atoms with van der Waals surface area (Å²) < 4.78 is 5.62. The number of aryl methyl sites for hydroxylation is 2. The van der Waals surface area contributed by atoms with E-state index in [9.17, 15) is 4.79 Å². The van der Waals surface area contributed by atoms with E-state index in [2.05, 4.69) is 18.1 Å². The molecule has 0 bridgehead atoms. The second kappa shape index (κ2) is 9.19. The Kier molecular flexibility index (Phi) is 6.19. The van der Waals surface area contributed by atoms with Crippen LogP contribution in [0.15, 0.2) is 83.4 Å². The van der Waals surface area contributed by atoms with Crippen LogP contribution in [0.5, 0.6) is 0 Å². The van der Waals surface area contributed by atoms with E-state index in [-0.39, 0.29) is 5.91 Å². The van der Waals surface area contributed by atoms with E-state index in [4.69, 9.17) is 16.1 Å². The Labute approximate surface area is 187 Å². The fraction of sp³-hybridized carbons (Fsp3) is 0.154. The molecule has 0 saturated heterocycles. The second-order valence-corrected chi connectivity index (χ2v) is 8.03. The molecule has 4 aromatic rings. The highest BCUT2D eigenvalue weighted by atomic mass is 35.5. The standard InChI is InChI=1S/C26H23ClN2O2/c1-18-12-13-22(19(2)14-18)25-15-21(28-31-25)17-29(16-20-8-4-3-5-9-20)26(30)23-10-6-7-11-24(23)27/h3-15H,16-17H2,1-2H3. The minimum absolute atomic E-state index is 0.148. The number of hydrogen-bond acceptors (Lipinski definition) is 3. The van der Waals surface area contributed by atoms with E-state index in [1.54, 1.807) is 17.0 Å². The molecule has 4 rings (SSSR count). The summed E-state index contributed by atoms with van der Waals surface area (Å²) in [5.74, 6) is 0.544. The maximum absolute atomic E-state index is 13.3. The molecule has 5 heteroatoms. The lowest BCUT2D eigenvalue weighted by Crippen LogP contribution is -2.30. The van der Waals surface area contributed by atoms with Gasteiger partial charge >= 0.3 is 0 Å². The van der Waals surface area contributed by atoms with Crippen molar-refractivity contribution in [1.29, 1.82) is 0 Å². The van der Waals surface area contributed by atoms with Crippen molar-refractivity contribution < 1.29 is 9.32 Å². The van der Waals surface area contributed by atoms with Gasteiger partial charge in [-0.1, -0.05) is 83.0 Å². The molecule has 1 amide bonds. The van der Waals surface area contributed by atoms with Crippen molar-refractivity contribution in [2.24, 2.45) is 0 Å². The van der Waals surface area contributed by atoms with Gasteiger partial charge in [-0.15, -0.1) is 0 Å². The number of nitrogens with zero attached hydrogens (tertiary/aromatic N) is 2. The summed E-state index contributed by atoms with van der Waals surface area (Å²) in [5, 5.41) is 4.67. The van der Waals surface area contributed by atoms with Gasteiger partial charge < -0.3 is 9.42 Å². The van der Waals surface area contributed by atoms with Crippen LogP contribution < -0.4 is 0 Å². The van der Waals surface area contributed by atoms with Crippen molar-refractivity contribution >= 4 is 17.5 Å². The zero-order chi connectivity index (χ0) is 21.8. The molecular formula is C26H23ClN2O2. The smallest absolute Gasteiger partial charge is 0.256 e. The Morgan fingerprint density at radius 3 is 2.42 bits per heavy atom. The third-order valence-corrected chi connectivity index (χ3v) is 5.50. The maximum atomic E-state index is 13.3. The van der Waals surface area contributed by atoms with Gasteiger partial charge in [-0.3, -0.25) is 4.79 Å². The van der Waals surface area contributed by atoms with Gasteiger partial charge in [0.05, 0.1) is 17.1 Å². The molecule has 0 unspecified atom stereocenters. The number of carbonyl (C=O) groups is 1. The van der Waals surface area contributed by atoms with E-state index < -0.39 is 0 Å². The van der Waals surface area contributed by atoms with Gasteiger partial charge in [0.25, 0.3) is 5.91 Å². The van der Waals surface area contributed by atoms with Crippen molar-refractivity contribution in [2.45, 2.75) is 26.9 Å². The van der Waals surface area contributed by atoms with Crippen LogP contribution in [0.2, 0.25) is 5.02 Å². The largest absolute Gasteiger partial charge is 0.356 e. The molecule has 0 radical (unpaired) electrons. The number of aromatic nitrogens is 1. The highest BCUT2D eigenvalue weighted by Gasteiger charge is 2.21. The fourth-order valence-corrected chi connectivity index (χ4v) is 3.82. The lowest BCUT2D eigenvalue weighted by Gasteiger charge is -2.22. The Balaban J connectivity index is 1.62. The number of carbonyl (C=O) groups excluding carboxylic acids is 1. The summed E-state index contributed by atoms with van der Waals surface area (Å²) in [7, 11) is 0. The van der Waals surface area contributed by atoms with Crippen molar-refractivity contribution in [3.8, 4) is 11.3 Å². The molecule has 156 valence electrons. The number of halogens is 1. The molecule has 0 N–H and O–H groups in total. The first-order valence-corrected chi connectivity index (χ1v) is 10.5. The van der Waals surface area contributed by atoms with E-state index in [1.807, 2.05) is 67.6 Å². The number of benzene rings is 3. The molecule has 0 saturated carbocycles. The van der Waals surface area contributed by atoms with E-state index in [0.717, 1.165) is 16.7 Å². The van der Waals surface area contributed by atoms with Crippen LogP contribution in [0.1, 0.15) is 32.7 Å². The maximum Gasteiger partial charge on any atom is 0.256 e. The monoisotopic (exact) mass is 430 g/mol. The first-order chi connectivity index (χ1) is 15.0. The van der Waals surface area contributed by atoms with Gasteiger partial charge in [-0.2, -0.15) is 0 Å². The molecule has 1 aromatic heterocycles. The Morgan fingerprint density at radius 1 is 0.935 bits per heavy atom. The highest BCUT2D eigenvalue weighted by molar-refractivity contribution is 6.33. The Hall–Kier alpha value is -3.37. The van der Waals surface area contributed by atoms with Gasteiger partial charge in [-0.05, 0) is 37.1 Å². The molecule has 0 aliphatic rings. The zero-order valence-electron chi connectivity index (χ0n) is 17.5. The number of hydrogen-bond donors (Lipinski definition) is 0. The van der Waals surface area contributed by atoms with Crippen LogP contribution in [0.3, 0.4) is 0 Å². The first-order valence-electron chi connectivity index (χ1n) is 10.1. The van der Waals surface area contributed by atoms with Crippen molar-refractivity contribution in [2.75, 3.05) is 0 Å². The minimum Gasteiger partial charge on any atom is -0.356 e. The Morgan fingerprint density at radius 2 is 1.68 bits per heavy atom. The van der Waals surface area contributed by atoms with Crippen molar-refractivity contribution in [3.63, 3.8) is 0 Å². The minimum atomic E-state index is -0.148. The molecule has 31 heavy (non-hydrogen) atoms. The highest BCUT2D eigenvalue weighted by Crippen LogP contribution is 2.26. The number of rotatable bonds is 6. The molecule has 4 nitrogen and oxygen atoms in total. The quantitative estimate of drug-likeness (QED) is 0.353. The van der Waals surface area contributed by atoms with Crippen LogP contribution in [0.25, 0.3) is 11.3 Å². The molecule has 0 aliphatic heterocycles. The molecule has 3 aromatic carbocycles. The molecular weight excluding hydrogens is 408 g/mol. The summed E-state index contributed by atoms with van der Waals surface area (Å²) in [4.78, 5) is 15.1. The Bertz CT molecular complexity index is 1200. The summed E-state index contributed by atoms with van der Waals surface area (Å²) >= 11 is 6.30. The third-order valence-electron chi connectivity index (χ3n) is 5.17. The molecule has 1 heterocycles. The third kappa shape index (κ3) is 4.86. The lowest BCUT2D eigenvalue weighted by molar-refractivity contribution is 0.0726. The summed E-state index contributed by atoms with van der Waals surface area (Å²) in [6.07, 6.45) is 0. The predicted molar refractivity (Wildman–Crippen MR) is 123 cm³/mol. The van der Waals surface area contributed by atoms with Gasteiger partial charge in [0.2, 0.25) is 0 Å². The van der Waals surface area contributed by atoms with Crippen LogP contribution in [0.4, 0.5) is 0 Å².